The molecular formula is C24H25N3O4. The van der Waals surface area contributed by atoms with Crippen molar-refractivity contribution in [3.05, 3.63) is 65.2 Å². The molecule has 160 valence electrons. The fourth-order valence-corrected chi connectivity index (χ4v) is 4.03. The van der Waals surface area contributed by atoms with Gasteiger partial charge in [-0.1, -0.05) is 45.0 Å². The summed E-state index contributed by atoms with van der Waals surface area (Å²) in [6, 6.07) is 13.5. The molecule has 4 rings (SSSR count). The minimum absolute atomic E-state index is 0.131. The maximum Gasteiger partial charge on any atom is 0.325 e. The van der Waals surface area contributed by atoms with Crippen LogP contribution in [-0.2, 0) is 21.5 Å². The number of aryl methyl sites for hydroxylation is 1. The highest BCUT2D eigenvalue weighted by Gasteiger charge is 2.55. The summed E-state index contributed by atoms with van der Waals surface area (Å²) >= 11 is 0. The first-order valence-corrected chi connectivity index (χ1v) is 10.3. The summed E-state index contributed by atoms with van der Waals surface area (Å²) in [5.74, 6) is -0.863. The van der Waals surface area contributed by atoms with Gasteiger partial charge in [0, 0.05) is 16.7 Å². The van der Waals surface area contributed by atoms with E-state index in [9.17, 15) is 19.2 Å². The van der Waals surface area contributed by atoms with E-state index in [2.05, 4.69) is 10.6 Å². The molecule has 2 N–H and O–H groups in total. The first-order chi connectivity index (χ1) is 14.6. The first-order valence-electron chi connectivity index (χ1n) is 10.3. The summed E-state index contributed by atoms with van der Waals surface area (Å²) in [6.07, 6.45) is 1.19. The number of hydrogen-bond donors (Lipinski definition) is 2. The number of nitrogens with one attached hydrogen (secondary N) is 2. The van der Waals surface area contributed by atoms with Crippen LogP contribution in [-0.4, -0.2) is 35.1 Å². The second-order valence-electron chi connectivity index (χ2n) is 9.09. The molecule has 1 atom stereocenters. The molecule has 1 saturated heterocycles. The molecule has 0 saturated carbocycles. The smallest absolute Gasteiger partial charge is 0.325 e. The van der Waals surface area contributed by atoms with Crippen LogP contribution in [0.5, 0.6) is 0 Å². The quantitative estimate of drug-likeness (QED) is 0.587. The van der Waals surface area contributed by atoms with Gasteiger partial charge in [-0.05, 0) is 48.2 Å². The van der Waals surface area contributed by atoms with Gasteiger partial charge in [-0.3, -0.25) is 19.3 Å². The third-order valence-electron chi connectivity index (χ3n) is 5.87. The SMILES string of the molecule is CC(C)(C)C(=O)Nc1ccc(C(=O)CN2C(=O)N[C@]3(CCc4ccccc43)C2=O)cc1. The predicted octanol–water partition coefficient (Wildman–Crippen LogP) is 3.25. The molecule has 0 bridgehead atoms. The lowest BCUT2D eigenvalue weighted by Gasteiger charge is -2.22. The molecule has 1 aliphatic carbocycles. The van der Waals surface area contributed by atoms with Gasteiger partial charge in [-0.2, -0.15) is 0 Å². The highest BCUT2D eigenvalue weighted by Crippen LogP contribution is 2.41. The van der Waals surface area contributed by atoms with Crippen LogP contribution in [0.1, 0.15) is 48.7 Å². The molecule has 4 amide bonds. The van der Waals surface area contributed by atoms with Gasteiger partial charge in [0.15, 0.2) is 5.78 Å². The van der Waals surface area contributed by atoms with Gasteiger partial charge in [-0.15, -0.1) is 0 Å². The number of carbonyl (C=O) groups excluding carboxylic acids is 4. The number of anilines is 1. The lowest BCUT2D eigenvalue weighted by Crippen LogP contribution is -2.42. The summed E-state index contributed by atoms with van der Waals surface area (Å²) in [5.41, 5.74) is 1.18. The van der Waals surface area contributed by atoms with E-state index < -0.39 is 17.0 Å². The van der Waals surface area contributed by atoms with Crippen molar-refractivity contribution in [1.29, 1.82) is 0 Å². The number of Topliss-reactive ketones (excluding diaryl/α,β-unsaturated/α-hetero) is 1. The van der Waals surface area contributed by atoms with Crippen molar-refractivity contribution in [2.24, 2.45) is 5.41 Å². The van der Waals surface area contributed by atoms with E-state index in [1.54, 1.807) is 24.3 Å². The van der Waals surface area contributed by atoms with E-state index >= 15 is 0 Å². The first kappa shape index (κ1) is 20.8. The molecule has 1 heterocycles. The fourth-order valence-electron chi connectivity index (χ4n) is 4.03. The third kappa shape index (κ3) is 3.60. The Hall–Kier alpha value is -3.48. The van der Waals surface area contributed by atoms with Gasteiger partial charge in [-0.25, -0.2) is 4.79 Å². The van der Waals surface area contributed by atoms with Crippen LogP contribution in [0.3, 0.4) is 0 Å². The second-order valence-corrected chi connectivity index (χ2v) is 9.09. The Bertz CT molecular complexity index is 1080. The number of amides is 4. The number of rotatable bonds is 4. The Kier molecular flexibility index (Phi) is 4.92. The zero-order valence-corrected chi connectivity index (χ0v) is 17.8. The van der Waals surface area contributed by atoms with Gasteiger partial charge in [0.2, 0.25) is 5.91 Å². The van der Waals surface area contributed by atoms with Crippen molar-refractivity contribution in [2.75, 3.05) is 11.9 Å². The molecule has 2 aromatic carbocycles. The van der Waals surface area contributed by atoms with Gasteiger partial charge in [0.05, 0.1) is 6.54 Å². The molecule has 1 spiro atoms. The lowest BCUT2D eigenvalue weighted by molar-refractivity contribution is -0.131. The molecule has 0 radical (unpaired) electrons. The van der Waals surface area contributed by atoms with Crippen molar-refractivity contribution in [3.8, 4) is 0 Å². The number of ketones is 1. The standard InChI is InChI=1S/C24H25N3O4/c1-23(2,3)20(29)25-17-10-8-16(9-11-17)19(28)14-27-21(30)24(26-22(27)31)13-12-15-6-4-5-7-18(15)24/h4-11H,12-14H2,1-3H3,(H,25,29)(H,26,31)/t24-/m0/s1. The summed E-state index contributed by atoms with van der Waals surface area (Å²) in [6.45, 7) is 5.11. The number of urea groups is 1. The summed E-state index contributed by atoms with van der Waals surface area (Å²) in [4.78, 5) is 51.6. The fraction of sp³-hybridized carbons (Fsp3) is 0.333. The molecular weight excluding hydrogens is 394 g/mol. The van der Waals surface area contributed by atoms with Crippen molar-refractivity contribution in [1.82, 2.24) is 10.2 Å². The van der Waals surface area contributed by atoms with E-state index in [1.165, 1.54) is 0 Å². The second kappa shape index (κ2) is 7.34. The molecule has 7 nitrogen and oxygen atoms in total. The highest BCUT2D eigenvalue weighted by molar-refractivity contribution is 6.12. The zero-order valence-electron chi connectivity index (χ0n) is 17.8. The Labute approximate surface area is 180 Å². The van der Waals surface area contributed by atoms with E-state index in [0.717, 1.165) is 16.0 Å². The maximum absolute atomic E-state index is 13.2. The number of hydrogen-bond acceptors (Lipinski definition) is 4. The number of imide groups is 1. The minimum atomic E-state index is -1.07. The van der Waals surface area contributed by atoms with E-state index in [4.69, 9.17) is 0 Å². The van der Waals surface area contributed by atoms with Gasteiger partial charge >= 0.3 is 6.03 Å². The summed E-state index contributed by atoms with van der Waals surface area (Å²) < 4.78 is 0. The monoisotopic (exact) mass is 419 g/mol. The molecule has 0 aromatic heterocycles. The predicted molar refractivity (Wildman–Crippen MR) is 116 cm³/mol. The lowest BCUT2D eigenvalue weighted by atomic mass is 9.92. The molecule has 7 heteroatoms. The normalized spacial score (nSPS) is 20.0. The average molecular weight is 419 g/mol. The van der Waals surface area contributed by atoms with E-state index in [-0.39, 0.29) is 24.1 Å². The molecule has 0 unspecified atom stereocenters. The van der Waals surface area contributed by atoms with Crippen LogP contribution in [0.25, 0.3) is 0 Å². The molecule has 1 aliphatic heterocycles. The Morgan fingerprint density at radius 2 is 1.74 bits per heavy atom. The van der Waals surface area contributed by atoms with Crippen LogP contribution >= 0.6 is 0 Å². The minimum Gasteiger partial charge on any atom is -0.326 e. The maximum atomic E-state index is 13.2. The largest absolute Gasteiger partial charge is 0.326 e. The Morgan fingerprint density at radius 1 is 1.06 bits per heavy atom. The van der Waals surface area contributed by atoms with Gasteiger partial charge in [0.25, 0.3) is 5.91 Å². The molecule has 2 aromatic rings. The topological polar surface area (TPSA) is 95.6 Å². The van der Waals surface area contributed by atoms with Crippen LogP contribution in [0.4, 0.5) is 10.5 Å². The molecule has 2 aliphatic rings. The molecule has 1 fully saturated rings. The number of nitrogens with zero attached hydrogens (tertiary/aromatic N) is 1. The Balaban J connectivity index is 1.47. The van der Waals surface area contributed by atoms with Crippen LogP contribution < -0.4 is 10.6 Å². The van der Waals surface area contributed by atoms with Gasteiger partial charge < -0.3 is 10.6 Å². The van der Waals surface area contributed by atoms with E-state index in [0.29, 0.717) is 24.1 Å². The van der Waals surface area contributed by atoms with Crippen molar-refractivity contribution >= 4 is 29.3 Å². The van der Waals surface area contributed by atoms with Crippen molar-refractivity contribution in [2.45, 2.75) is 39.2 Å². The van der Waals surface area contributed by atoms with Crippen molar-refractivity contribution in [3.63, 3.8) is 0 Å². The average Bonchev–Trinajstić information content (AvgIpc) is 3.21. The zero-order chi connectivity index (χ0) is 22.4. The highest BCUT2D eigenvalue weighted by atomic mass is 16.2. The summed E-state index contributed by atoms with van der Waals surface area (Å²) in [7, 11) is 0. The van der Waals surface area contributed by atoms with Crippen molar-refractivity contribution < 1.29 is 19.2 Å². The van der Waals surface area contributed by atoms with Crippen LogP contribution in [0.15, 0.2) is 48.5 Å². The Morgan fingerprint density at radius 3 is 2.42 bits per heavy atom. The van der Waals surface area contributed by atoms with E-state index in [1.807, 2.05) is 45.0 Å². The van der Waals surface area contributed by atoms with Gasteiger partial charge in [0.1, 0.15) is 5.54 Å². The third-order valence-corrected chi connectivity index (χ3v) is 5.87. The number of fused-ring (bicyclic) bond motifs is 2. The van der Waals surface area contributed by atoms with Crippen LogP contribution in [0.2, 0.25) is 0 Å². The molecule has 31 heavy (non-hydrogen) atoms. The number of benzene rings is 2. The summed E-state index contributed by atoms with van der Waals surface area (Å²) in [5, 5.41) is 5.62. The van der Waals surface area contributed by atoms with Crippen LogP contribution in [0, 0.1) is 5.41 Å². The number of carbonyl (C=O) groups is 4.